The maximum Gasteiger partial charge on any atom is 0.337 e. The van der Waals surface area contributed by atoms with E-state index in [1.54, 1.807) is 6.07 Å². The Hall–Kier alpha value is -1.57. The van der Waals surface area contributed by atoms with Crippen LogP contribution in [-0.2, 0) is 9.16 Å². The number of esters is 1. The average molecular weight is 427 g/mol. The molecular weight excluding hydrogens is 388 g/mol. The SMILES string of the molecule is COC(=O)c1cccc(C#C[C@H]2CCC3[C@@H](O[Si](C)(C)C(C)(C)C)CCC[C@@]32C)c1. The second-order valence-corrected chi connectivity index (χ2v) is 15.6. The lowest BCUT2D eigenvalue weighted by Gasteiger charge is -2.48. The molecule has 4 atom stereocenters. The van der Waals surface area contributed by atoms with E-state index in [1.165, 1.54) is 32.8 Å². The second kappa shape index (κ2) is 8.52. The van der Waals surface area contributed by atoms with E-state index in [9.17, 15) is 4.79 Å². The summed E-state index contributed by atoms with van der Waals surface area (Å²) in [5, 5.41) is 0.239. The molecular formula is C26H38O3Si. The Kier molecular flexibility index (Phi) is 6.56. The van der Waals surface area contributed by atoms with Gasteiger partial charge in [0.25, 0.3) is 0 Å². The number of methoxy groups -OCH3 is 1. The highest BCUT2D eigenvalue weighted by atomic mass is 28.4. The van der Waals surface area contributed by atoms with Gasteiger partial charge in [0, 0.05) is 17.6 Å². The molecule has 2 aliphatic carbocycles. The molecule has 0 saturated heterocycles. The average Bonchev–Trinajstić information content (AvgIpc) is 3.02. The van der Waals surface area contributed by atoms with Gasteiger partial charge in [-0.2, -0.15) is 0 Å². The Balaban J connectivity index is 1.78. The monoisotopic (exact) mass is 426 g/mol. The molecule has 0 bridgehead atoms. The minimum absolute atomic E-state index is 0.220. The van der Waals surface area contributed by atoms with Crippen LogP contribution in [0, 0.1) is 29.1 Å². The third-order valence-corrected chi connectivity index (χ3v) is 12.5. The summed E-state index contributed by atoms with van der Waals surface area (Å²) >= 11 is 0. The number of carbonyl (C=O) groups excluding carboxylic acids is 1. The van der Waals surface area contributed by atoms with Gasteiger partial charge in [-0.3, -0.25) is 0 Å². The van der Waals surface area contributed by atoms with Crippen molar-refractivity contribution in [3.8, 4) is 11.8 Å². The van der Waals surface area contributed by atoms with Crippen molar-refractivity contribution in [1.29, 1.82) is 0 Å². The van der Waals surface area contributed by atoms with Crippen molar-refractivity contribution in [3.05, 3.63) is 35.4 Å². The zero-order valence-electron chi connectivity index (χ0n) is 19.8. The molecule has 3 rings (SSSR count). The smallest absolute Gasteiger partial charge is 0.337 e. The molecule has 0 aliphatic heterocycles. The van der Waals surface area contributed by atoms with Crippen molar-refractivity contribution in [3.63, 3.8) is 0 Å². The van der Waals surface area contributed by atoms with Crippen molar-refractivity contribution in [2.75, 3.05) is 7.11 Å². The van der Waals surface area contributed by atoms with E-state index in [0.29, 0.717) is 23.5 Å². The van der Waals surface area contributed by atoms with Gasteiger partial charge < -0.3 is 9.16 Å². The molecule has 0 heterocycles. The van der Waals surface area contributed by atoms with Crippen LogP contribution in [-0.4, -0.2) is 27.5 Å². The van der Waals surface area contributed by atoms with E-state index in [1.807, 2.05) is 18.2 Å². The third kappa shape index (κ3) is 4.53. The highest BCUT2D eigenvalue weighted by molar-refractivity contribution is 6.74. The summed E-state index contributed by atoms with van der Waals surface area (Å²) in [4.78, 5) is 11.8. The van der Waals surface area contributed by atoms with Crippen LogP contribution in [0.25, 0.3) is 0 Å². The lowest BCUT2D eigenvalue weighted by molar-refractivity contribution is -0.000304. The fourth-order valence-corrected chi connectivity index (χ4v) is 6.46. The van der Waals surface area contributed by atoms with Gasteiger partial charge in [0.05, 0.1) is 12.7 Å². The lowest BCUT2D eigenvalue weighted by Crippen LogP contribution is -2.49. The number of ether oxygens (including phenoxy) is 1. The maximum atomic E-state index is 11.8. The topological polar surface area (TPSA) is 35.5 Å². The molecule has 0 radical (unpaired) electrons. The van der Waals surface area contributed by atoms with Gasteiger partial charge in [-0.15, -0.1) is 0 Å². The van der Waals surface area contributed by atoms with Crippen molar-refractivity contribution in [2.24, 2.45) is 17.3 Å². The first-order valence-corrected chi connectivity index (χ1v) is 14.3. The van der Waals surface area contributed by atoms with Crippen LogP contribution in [0.2, 0.25) is 18.1 Å². The van der Waals surface area contributed by atoms with Gasteiger partial charge >= 0.3 is 5.97 Å². The molecule has 30 heavy (non-hydrogen) atoms. The van der Waals surface area contributed by atoms with Crippen LogP contribution < -0.4 is 0 Å². The summed E-state index contributed by atoms with van der Waals surface area (Å²) in [6, 6.07) is 7.45. The molecule has 1 aromatic rings. The van der Waals surface area contributed by atoms with E-state index in [4.69, 9.17) is 9.16 Å². The first-order chi connectivity index (χ1) is 14.0. The van der Waals surface area contributed by atoms with Crippen LogP contribution in [0.5, 0.6) is 0 Å². The second-order valence-electron chi connectivity index (χ2n) is 10.9. The number of hydrogen-bond acceptors (Lipinski definition) is 3. The summed E-state index contributed by atoms with van der Waals surface area (Å²) in [5.41, 5.74) is 1.66. The minimum atomic E-state index is -1.78. The zero-order valence-corrected chi connectivity index (χ0v) is 20.8. The predicted octanol–water partition coefficient (Wildman–Crippen LogP) is 6.43. The summed E-state index contributed by atoms with van der Waals surface area (Å²) in [6.07, 6.45) is 6.37. The van der Waals surface area contributed by atoms with E-state index in [0.717, 1.165) is 12.0 Å². The molecule has 0 amide bonds. The fraction of sp³-hybridized carbons (Fsp3) is 0.654. The van der Waals surface area contributed by atoms with E-state index < -0.39 is 8.32 Å². The standard InChI is InChI=1S/C26H38O3Si/c1-25(2,3)30(6,7)29-23-12-9-17-26(4)21(15-16-22(23)26)14-13-19-10-8-11-20(18-19)24(27)28-5/h8,10-11,18,21-23H,9,12,15-17H2,1-7H3/t21-,22?,23-,26+/m0/s1. The summed E-state index contributed by atoms with van der Waals surface area (Å²) < 4.78 is 11.8. The quantitative estimate of drug-likeness (QED) is 0.317. The molecule has 164 valence electrons. The van der Waals surface area contributed by atoms with Crippen molar-refractivity contribution >= 4 is 14.3 Å². The van der Waals surface area contributed by atoms with Gasteiger partial charge in [0.15, 0.2) is 8.32 Å². The predicted molar refractivity (Wildman–Crippen MR) is 125 cm³/mol. The van der Waals surface area contributed by atoms with Crippen molar-refractivity contribution in [2.45, 2.75) is 84.0 Å². The number of benzene rings is 1. The Morgan fingerprint density at radius 1 is 1.20 bits per heavy atom. The molecule has 0 spiro atoms. The fourth-order valence-electron chi connectivity index (χ4n) is 5.07. The van der Waals surface area contributed by atoms with E-state index in [-0.39, 0.29) is 16.4 Å². The highest BCUT2D eigenvalue weighted by Crippen LogP contribution is 2.57. The lowest BCUT2D eigenvalue weighted by atomic mass is 9.64. The maximum absolute atomic E-state index is 11.8. The number of hydrogen-bond donors (Lipinski definition) is 0. The number of rotatable bonds is 3. The molecule has 2 fully saturated rings. The van der Waals surface area contributed by atoms with Crippen molar-refractivity contribution in [1.82, 2.24) is 0 Å². The molecule has 0 N–H and O–H groups in total. The Bertz CT molecular complexity index is 842. The van der Waals surface area contributed by atoms with Crippen LogP contribution in [0.4, 0.5) is 0 Å². The summed E-state index contributed by atoms with van der Waals surface area (Å²) in [5.74, 6) is 7.62. The highest BCUT2D eigenvalue weighted by Gasteiger charge is 2.53. The zero-order chi connectivity index (χ0) is 22.2. The van der Waals surface area contributed by atoms with Crippen LogP contribution in [0.1, 0.15) is 75.7 Å². The summed E-state index contributed by atoms with van der Waals surface area (Å²) in [6.45, 7) is 14.2. The Labute approximate surface area is 184 Å². The minimum Gasteiger partial charge on any atom is -0.465 e. The molecule has 2 aliphatic rings. The van der Waals surface area contributed by atoms with Crippen molar-refractivity contribution < 1.29 is 14.0 Å². The van der Waals surface area contributed by atoms with Gasteiger partial charge in [0.2, 0.25) is 0 Å². The van der Waals surface area contributed by atoms with Gasteiger partial charge in [-0.1, -0.05) is 52.0 Å². The van der Waals surface area contributed by atoms with E-state index >= 15 is 0 Å². The van der Waals surface area contributed by atoms with Gasteiger partial charge in [0.1, 0.15) is 0 Å². The molecule has 3 nitrogen and oxygen atoms in total. The van der Waals surface area contributed by atoms with Gasteiger partial charge in [-0.05, 0) is 73.3 Å². The Morgan fingerprint density at radius 2 is 1.93 bits per heavy atom. The molecule has 0 aromatic heterocycles. The van der Waals surface area contributed by atoms with Crippen LogP contribution in [0.15, 0.2) is 24.3 Å². The van der Waals surface area contributed by atoms with Crippen LogP contribution >= 0.6 is 0 Å². The van der Waals surface area contributed by atoms with Gasteiger partial charge in [-0.25, -0.2) is 4.79 Å². The van der Waals surface area contributed by atoms with Crippen LogP contribution in [0.3, 0.4) is 0 Å². The molecule has 2 saturated carbocycles. The molecule has 1 aromatic carbocycles. The normalized spacial score (nSPS) is 29.0. The molecule has 1 unspecified atom stereocenters. The summed E-state index contributed by atoms with van der Waals surface area (Å²) in [7, 11) is -0.371. The first kappa shape index (κ1) is 23.1. The number of fused-ring (bicyclic) bond motifs is 1. The largest absolute Gasteiger partial charge is 0.465 e. The molecule has 4 heteroatoms. The Morgan fingerprint density at radius 3 is 2.60 bits per heavy atom. The van der Waals surface area contributed by atoms with E-state index in [2.05, 4.69) is 52.6 Å². The third-order valence-electron chi connectivity index (χ3n) is 7.99. The first-order valence-electron chi connectivity index (χ1n) is 11.4. The number of carbonyl (C=O) groups is 1.